The van der Waals surface area contributed by atoms with Gasteiger partial charge in [-0.2, -0.15) is 4.98 Å². The Morgan fingerprint density at radius 3 is 3.10 bits per heavy atom. The summed E-state index contributed by atoms with van der Waals surface area (Å²) in [4.78, 5) is 10.6. The van der Waals surface area contributed by atoms with Gasteiger partial charge in [-0.3, -0.25) is 0 Å². The third-order valence-corrected chi connectivity index (χ3v) is 3.72. The molecule has 1 aliphatic heterocycles. The molecule has 0 unspecified atom stereocenters. The van der Waals surface area contributed by atoms with Crippen molar-refractivity contribution >= 4 is 29.1 Å². The Morgan fingerprint density at radius 1 is 1.43 bits per heavy atom. The van der Waals surface area contributed by atoms with E-state index in [9.17, 15) is 4.39 Å². The van der Waals surface area contributed by atoms with E-state index in [1.54, 1.807) is 6.20 Å². The minimum Gasteiger partial charge on any atom is -0.354 e. The molecule has 0 atom stereocenters. The van der Waals surface area contributed by atoms with Gasteiger partial charge in [0, 0.05) is 18.8 Å². The Hall–Kier alpha value is -1.88. The maximum absolute atomic E-state index is 13.5. The van der Waals surface area contributed by atoms with Crippen LogP contribution in [-0.4, -0.2) is 23.1 Å². The highest BCUT2D eigenvalue weighted by Crippen LogP contribution is 2.37. The number of aromatic nitrogens is 2. The largest absolute Gasteiger partial charge is 0.354 e. The quantitative estimate of drug-likeness (QED) is 0.933. The molecule has 1 aromatic carbocycles. The number of nitrogens with one attached hydrogen (secondary N) is 1. The van der Waals surface area contributed by atoms with E-state index < -0.39 is 0 Å². The highest BCUT2D eigenvalue weighted by atomic mass is 35.5. The first-order valence-electron chi connectivity index (χ1n) is 7.01. The van der Waals surface area contributed by atoms with Crippen LogP contribution in [0.3, 0.4) is 0 Å². The monoisotopic (exact) mass is 306 g/mol. The normalized spacial score (nSPS) is 13.4. The van der Waals surface area contributed by atoms with E-state index in [1.807, 2.05) is 11.0 Å². The lowest BCUT2D eigenvalue weighted by Gasteiger charge is -2.20. The number of hydrogen-bond donors (Lipinski definition) is 1. The van der Waals surface area contributed by atoms with Gasteiger partial charge in [0.05, 0.1) is 6.20 Å². The van der Waals surface area contributed by atoms with E-state index >= 15 is 0 Å². The minimum atomic E-state index is -0.254. The van der Waals surface area contributed by atoms with E-state index in [4.69, 9.17) is 11.6 Å². The van der Waals surface area contributed by atoms with Gasteiger partial charge in [-0.25, -0.2) is 9.37 Å². The average Bonchev–Trinajstić information content (AvgIpc) is 2.89. The second kappa shape index (κ2) is 5.85. The van der Waals surface area contributed by atoms with Crippen LogP contribution in [0.5, 0.6) is 0 Å². The molecule has 0 aliphatic carbocycles. The zero-order valence-electron chi connectivity index (χ0n) is 11.7. The fraction of sp³-hybridized carbons (Fsp3) is 0.333. The Kier molecular flexibility index (Phi) is 3.92. The van der Waals surface area contributed by atoms with Gasteiger partial charge in [0.15, 0.2) is 5.82 Å². The molecule has 1 aliphatic rings. The molecule has 2 heterocycles. The summed E-state index contributed by atoms with van der Waals surface area (Å²) in [5, 5.41) is 3.61. The van der Waals surface area contributed by atoms with Crippen molar-refractivity contribution in [2.75, 3.05) is 23.3 Å². The van der Waals surface area contributed by atoms with E-state index in [-0.39, 0.29) is 5.82 Å². The van der Waals surface area contributed by atoms with Crippen molar-refractivity contribution in [3.05, 3.63) is 40.8 Å². The fourth-order valence-electron chi connectivity index (χ4n) is 2.44. The van der Waals surface area contributed by atoms with Crippen molar-refractivity contribution in [2.24, 2.45) is 0 Å². The van der Waals surface area contributed by atoms with Crippen molar-refractivity contribution in [1.82, 2.24) is 9.97 Å². The van der Waals surface area contributed by atoms with Gasteiger partial charge in [-0.1, -0.05) is 24.6 Å². The molecule has 110 valence electrons. The highest BCUT2D eigenvalue weighted by Gasteiger charge is 2.24. The number of benzene rings is 1. The van der Waals surface area contributed by atoms with Gasteiger partial charge >= 0.3 is 0 Å². The summed E-state index contributed by atoms with van der Waals surface area (Å²) in [5.74, 6) is 0.908. The molecule has 0 spiro atoms. The Bertz CT molecular complexity index is 662. The Labute approximate surface area is 128 Å². The topological polar surface area (TPSA) is 41.1 Å². The molecule has 1 N–H and O–H groups in total. The SMILES string of the molecule is CCCNc1ncc(Cl)c(N2CCc3ccc(F)cc32)n1. The molecular weight excluding hydrogens is 291 g/mol. The summed E-state index contributed by atoms with van der Waals surface area (Å²) in [5.41, 5.74) is 1.94. The van der Waals surface area contributed by atoms with Crippen LogP contribution in [0.15, 0.2) is 24.4 Å². The molecule has 0 saturated carbocycles. The van der Waals surface area contributed by atoms with Crippen LogP contribution in [0.4, 0.5) is 21.8 Å². The maximum atomic E-state index is 13.5. The molecular formula is C15H16ClFN4. The predicted molar refractivity (Wildman–Crippen MR) is 82.9 cm³/mol. The summed E-state index contributed by atoms with van der Waals surface area (Å²) in [6.07, 6.45) is 3.42. The third kappa shape index (κ3) is 2.78. The molecule has 1 aromatic heterocycles. The van der Waals surface area contributed by atoms with Crippen molar-refractivity contribution in [3.63, 3.8) is 0 Å². The molecule has 0 saturated heterocycles. The van der Waals surface area contributed by atoms with Crippen LogP contribution in [-0.2, 0) is 6.42 Å². The number of anilines is 3. The Morgan fingerprint density at radius 2 is 2.29 bits per heavy atom. The number of halogens is 2. The van der Waals surface area contributed by atoms with Crippen LogP contribution < -0.4 is 10.2 Å². The number of fused-ring (bicyclic) bond motifs is 1. The molecule has 4 nitrogen and oxygen atoms in total. The molecule has 2 aromatic rings. The summed E-state index contributed by atoms with van der Waals surface area (Å²) in [7, 11) is 0. The van der Waals surface area contributed by atoms with Crippen molar-refractivity contribution in [3.8, 4) is 0 Å². The lowest BCUT2D eigenvalue weighted by Crippen LogP contribution is -2.17. The summed E-state index contributed by atoms with van der Waals surface area (Å²) >= 11 is 6.23. The van der Waals surface area contributed by atoms with Crippen LogP contribution in [0.25, 0.3) is 0 Å². The zero-order valence-corrected chi connectivity index (χ0v) is 12.5. The zero-order chi connectivity index (χ0) is 14.8. The van der Waals surface area contributed by atoms with Crippen molar-refractivity contribution in [2.45, 2.75) is 19.8 Å². The van der Waals surface area contributed by atoms with Crippen molar-refractivity contribution < 1.29 is 4.39 Å². The second-order valence-corrected chi connectivity index (χ2v) is 5.37. The van der Waals surface area contributed by atoms with E-state index in [0.717, 1.165) is 37.2 Å². The van der Waals surface area contributed by atoms with Crippen LogP contribution in [0.1, 0.15) is 18.9 Å². The Balaban J connectivity index is 1.96. The highest BCUT2D eigenvalue weighted by molar-refractivity contribution is 6.33. The lowest BCUT2D eigenvalue weighted by molar-refractivity contribution is 0.628. The predicted octanol–water partition coefficient (Wildman–Crippen LogP) is 3.79. The first-order valence-corrected chi connectivity index (χ1v) is 7.39. The minimum absolute atomic E-state index is 0.254. The fourth-order valence-corrected chi connectivity index (χ4v) is 2.63. The molecule has 0 bridgehead atoms. The molecule has 21 heavy (non-hydrogen) atoms. The van der Waals surface area contributed by atoms with Gasteiger partial charge in [0.2, 0.25) is 5.95 Å². The van der Waals surface area contributed by atoms with Crippen LogP contribution in [0.2, 0.25) is 5.02 Å². The molecule has 3 rings (SSSR count). The molecule has 6 heteroatoms. The first kappa shape index (κ1) is 14.1. The maximum Gasteiger partial charge on any atom is 0.224 e. The van der Waals surface area contributed by atoms with Gasteiger partial charge in [0.25, 0.3) is 0 Å². The smallest absolute Gasteiger partial charge is 0.224 e. The second-order valence-electron chi connectivity index (χ2n) is 4.97. The molecule has 0 amide bonds. The van der Waals surface area contributed by atoms with Gasteiger partial charge in [-0.05, 0) is 30.5 Å². The summed E-state index contributed by atoms with van der Waals surface area (Å²) < 4.78 is 13.5. The molecule has 0 fully saturated rings. The molecule has 0 radical (unpaired) electrons. The average molecular weight is 307 g/mol. The number of nitrogens with zero attached hydrogens (tertiary/aromatic N) is 3. The van der Waals surface area contributed by atoms with E-state index in [0.29, 0.717) is 16.8 Å². The lowest BCUT2D eigenvalue weighted by atomic mass is 10.2. The standard InChI is InChI=1S/C15H16ClFN4/c1-2-6-18-15-19-9-12(16)14(20-15)21-7-5-10-3-4-11(17)8-13(10)21/h3-4,8-9H,2,5-7H2,1H3,(H,18,19,20). The summed E-state index contributed by atoms with van der Waals surface area (Å²) in [6, 6.07) is 4.83. The van der Waals surface area contributed by atoms with Gasteiger partial charge in [0.1, 0.15) is 10.8 Å². The van der Waals surface area contributed by atoms with Crippen LogP contribution in [0, 0.1) is 5.82 Å². The number of hydrogen-bond acceptors (Lipinski definition) is 4. The van der Waals surface area contributed by atoms with Crippen molar-refractivity contribution in [1.29, 1.82) is 0 Å². The summed E-state index contributed by atoms with van der Waals surface area (Å²) in [6.45, 7) is 3.61. The van der Waals surface area contributed by atoms with Gasteiger partial charge in [-0.15, -0.1) is 0 Å². The van der Waals surface area contributed by atoms with E-state index in [2.05, 4.69) is 22.2 Å². The third-order valence-electron chi connectivity index (χ3n) is 3.46. The first-order chi connectivity index (χ1) is 10.2. The van der Waals surface area contributed by atoms with E-state index in [1.165, 1.54) is 12.1 Å². The number of rotatable bonds is 4. The van der Waals surface area contributed by atoms with Gasteiger partial charge < -0.3 is 10.2 Å². The van der Waals surface area contributed by atoms with Crippen LogP contribution >= 0.6 is 11.6 Å².